The Kier molecular flexibility index (Phi) is 3.27. The lowest BCUT2D eigenvalue weighted by atomic mass is 9.88. The fourth-order valence-corrected chi connectivity index (χ4v) is 2.08. The largest absolute Gasteiger partial charge is 0.497 e. The lowest BCUT2D eigenvalue weighted by Crippen LogP contribution is -2.06. The van der Waals surface area contributed by atoms with Gasteiger partial charge in [0.1, 0.15) is 17.4 Å². The van der Waals surface area contributed by atoms with Gasteiger partial charge in [0.25, 0.3) is 0 Å². The van der Waals surface area contributed by atoms with E-state index in [-0.39, 0.29) is 5.92 Å². The molecule has 0 aromatic heterocycles. The number of allylic oxidation sites excluding steroid dienone is 3. The van der Waals surface area contributed by atoms with Gasteiger partial charge in [-0.25, -0.2) is 8.78 Å². The van der Waals surface area contributed by atoms with Crippen LogP contribution in [0.2, 0.25) is 0 Å². The van der Waals surface area contributed by atoms with Crippen molar-refractivity contribution in [3.05, 3.63) is 58.9 Å². The van der Waals surface area contributed by atoms with Crippen LogP contribution in [0.1, 0.15) is 24.8 Å². The molecule has 3 heteroatoms. The van der Waals surface area contributed by atoms with Gasteiger partial charge in [-0.05, 0) is 37.1 Å². The summed E-state index contributed by atoms with van der Waals surface area (Å²) in [4.78, 5) is 0. The molecule has 0 saturated heterocycles. The van der Waals surface area contributed by atoms with Crippen molar-refractivity contribution in [3.63, 3.8) is 0 Å². The Bertz CT molecular complexity index is 489. The summed E-state index contributed by atoms with van der Waals surface area (Å²) in [5.74, 6) is -0.417. The maximum Gasteiger partial charge on any atom is 0.129 e. The summed E-state index contributed by atoms with van der Waals surface area (Å²) in [7, 11) is 1.58. The number of hydrogen-bond acceptors (Lipinski definition) is 1. The van der Waals surface area contributed by atoms with Crippen molar-refractivity contribution in [2.45, 2.75) is 19.3 Å². The van der Waals surface area contributed by atoms with Crippen LogP contribution < -0.4 is 0 Å². The molecular weight excluding hydrogens is 222 g/mol. The zero-order valence-corrected chi connectivity index (χ0v) is 9.84. The summed E-state index contributed by atoms with van der Waals surface area (Å²) < 4.78 is 31.7. The second-order valence-corrected chi connectivity index (χ2v) is 4.24. The van der Waals surface area contributed by atoms with Gasteiger partial charge in [0.05, 0.1) is 7.11 Å². The third-order valence-corrected chi connectivity index (χ3v) is 2.89. The molecule has 1 aromatic rings. The minimum Gasteiger partial charge on any atom is -0.497 e. The highest BCUT2D eigenvalue weighted by Crippen LogP contribution is 2.32. The number of halogens is 2. The molecule has 0 bridgehead atoms. The number of rotatable bonds is 2. The molecule has 1 unspecified atom stereocenters. The molecule has 1 atom stereocenters. The molecule has 90 valence electrons. The van der Waals surface area contributed by atoms with Gasteiger partial charge in [0.2, 0.25) is 0 Å². The van der Waals surface area contributed by atoms with E-state index in [0.29, 0.717) is 5.56 Å². The van der Waals surface area contributed by atoms with Gasteiger partial charge >= 0.3 is 0 Å². The van der Waals surface area contributed by atoms with Crippen LogP contribution in [-0.2, 0) is 4.74 Å². The third kappa shape index (κ3) is 2.54. The summed E-state index contributed by atoms with van der Waals surface area (Å²) in [6.45, 7) is 1.97. The van der Waals surface area contributed by atoms with Crippen molar-refractivity contribution in [2.75, 3.05) is 7.11 Å². The highest BCUT2D eigenvalue weighted by Gasteiger charge is 2.19. The summed E-state index contributed by atoms with van der Waals surface area (Å²) in [5, 5.41) is 0. The first-order valence-electron chi connectivity index (χ1n) is 5.48. The standard InChI is InChI=1S/C14H14F2O/c1-9-5-10(7-12(6-9)17-2)13-4-3-11(15)8-14(13)16/h3-4,6-8,10H,5H2,1-2H3. The van der Waals surface area contributed by atoms with Gasteiger partial charge in [-0.3, -0.25) is 0 Å². The Morgan fingerprint density at radius 1 is 1.29 bits per heavy atom. The number of methoxy groups -OCH3 is 1. The third-order valence-electron chi connectivity index (χ3n) is 2.89. The monoisotopic (exact) mass is 236 g/mol. The van der Waals surface area contributed by atoms with Crippen LogP contribution in [0, 0.1) is 11.6 Å². The first-order valence-corrected chi connectivity index (χ1v) is 5.48. The molecule has 2 rings (SSSR count). The van der Waals surface area contributed by atoms with Crippen molar-refractivity contribution in [1.82, 2.24) is 0 Å². The van der Waals surface area contributed by atoms with E-state index >= 15 is 0 Å². The van der Waals surface area contributed by atoms with E-state index in [2.05, 4.69) is 0 Å². The van der Waals surface area contributed by atoms with E-state index in [0.717, 1.165) is 23.8 Å². The first kappa shape index (κ1) is 11.8. The van der Waals surface area contributed by atoms with Crippen LogP contribution in [0.15, 0.2) is 41.7 Å². The number of benzene rings is 1. The normalized spacial score (nSPS) is 19.6. The predicted molar refractivity (Wildman–Crippen MR) is 62.6 cm³/mol. The van der Waals surface area contributed by atoms with Crippen LogP contribution in [-0.4, -0.2) is 7.11 Å². The van der Waals surface area contributed by atoms with Crippen molar-refractivity contribution < 1.29 is 13.5 Å². The molecule has 0 aliphatic heterocycles. The molecule has 0 fully saturated rings. The van der Waals surface area contributed by atoms with Crippen LogP contribution >= 0.6 is 0 Å². The summed E-state index contributed by atoms with van der Waals surface area (Å²) in [6.07, 6.45) is 4.52. The molecule has 1 nitrogen and oxygen atoms in total. The molecule has 1 aliphatic carbocycles. The van der Waals surface area contributed by atoms with Gasteiger partial charge < -0.3 is 4.74 Å². The van der Waals surface area contributed by atoms with E-state index in [1.54, 1.807) is 7.11 Å². The molecular formula is C14H14F2O. The zero-order chi connectivity index (χ0) is 12.4. The SMILES string of the molecule is COC1=CC(c2ccc(F)cc2F)CC(C)=C1. The Hall–Kier alpha value is -1.64. The summed E-state index contributed by atoms with van der Waals surface area (Å²) in [6, 6.07) is 3.70. The van der Waals surface area contributed by atoms with E-state index < -0.39 is 11.6 Å². The molecule has 17 heavy (non-hydrogen) atoms. The Balaban J connectivity index is 2.35. The summed E-state index contributed by atoms with van der Waals surface area (Å²) in [5.41, 5.74) is 1.63. The van der Waals surface area contributed by atoms with Crippen LogP contribution in [0.5, 0.6) is 0 Å². The Labute approximate surface area is 99.4 Å². The fraction of sp³-hybridized carbons (Fsp3) is 0.286. The Morgan fingerprint density at radius 3 is 2.71 bits per heavy atom. The summed E-state index contributed by atoms with van der Waals surface area (Å²) >= 11 is 0. The van der Waals surface area contributed by atoms with Crippen molar-refractivity contribution in [3.8, 4) is 0 Å². The minimum absolute atomic E-state index is 0.0875. The van der Waals surface area contributed by atoms with Crippen molar-refractivity contribution >= 4 is 0 Å². The van der Waals surface area contributed by atoms with Crippen molar-refractivity contribution in [1.29, 1.82) is 0 Å². The minimum atomic E-state index is -0.551. The van der Waals surface area contributed by atoms with Crippen LogP contribution in [0.25, 0.3) is 0 Å². The molecule has 0 amide bonds. The molecule has 0 saturated carbocycles. The topological polar surface area (TPSA) is 9.23 Å². The lowest BCUT2D eigenvalue weighted by Gasteiger charge is -2.20. The quantitative estimate of drug-likeness (QED) is 0.756. The fourth-order valence-electron chi connectivity index (χ4n) is 2.08. The van der Waals surface area contributed by atoms with E-state index in [1.807, 2.05) is 19.1 Å². The highest BCUT2D eigenvalue weighted by molar-refractivity contribution is 5.34. The maximum absolute atomic E-state index is 13.7. The maximum atomic E-state index is 13.7. The van der Waals surface area contributed by atoms with Gasteiger partial charge in [-0.1, -0.05) is 11.6 Å². The number of ether oxygens (including phenoxy) is 1. The molecule has 1 aliphatic rings. The second kappa shape index (κ2) is 4.70. The second-order valence-electron chi connectivity index (χ2n) is 4.24. The lowest BCUT2D eigenvalue weighted by molar-refractivity contribution is 0.301. The van der Waals surface area contributed by atoms with Gasteiger partial charge in [0.15, 0.2) is 0 Å². The molecule has 0 heterocycles. The highest BCUT2D eigenvalue weighted by atomic mass is 19.1. The van der Waals surface area contributed by atoms with E-state index in [4.69, 9.17) is 4.74 Å². The predicted octanol–water partition coefficient (Wildman–Crippen LogP) is 3.93. The molecule has 0 radical (unpaired) electrons. The zero-order valence-electron chi connectivity index (χ0n) is 9.84. The van der Waals surface area contributed by atoms with Crippen LogP contribution in [0.4, 0.5) is 8.78 Å². The average Bonchev–Trinajstić information content (AvgIpc) is 2.28. The first-order chi connectivity index (χ1) is 8.10. The molecule has 0 N–H and O–H groups in total. The van der Waals surface area contributed by atoms with E-state index in [1.165, 1.54) is 12.1 Å². The Morgan fingerprint density at radius 2 is 2.06 bits per heavy atom. The molecule has 1 aromatic carbocycles. The van der Waals surface area contributed by atoms with Gasteiger partial charge in [-0.2, -0.15) is 0 Å². The van der Waals surface area contributed by atoms with E-state index in [9.17, 15) is 8.78 Å². The number of hydrogen-bond donors (Lipinski definition) is 0. The van der Waals surface area contributed by atoms with Crippen LogP contribution in [0.3, 0.4) is 0 Å². The van der Waals surface area contributed by atoms with Crippen molar-refractivity contribution in [2.24, 2.45) is 0 Å². The van der Waals surface area contributed by atoms with Gasteiger partial charge in [0, 0.05) is 12.0 Å². The van der Waals surface area contributed by atoms with Gasteiger partial charge in [-0.15, -0.1) is 0 Å². The molecule has 0 spiro atoms. The average molecular weight is 236 g/mol. The smallest absolute Gasteiger partial charge is 0.129 e.